The van der Waals surface area contributed by atoms with Crippen LogP contribution < -0.4 is 5.32 Å². The SMILES string of the molecule is Cc1cc(C2NC(c3ccc(Cl)cc3)=NC=C2Cl)c(C)s1. The summed E-state index contributed by atoms with van der Waals surface area (Å²) >= 11 is 14.1. The third kappa shape index (κ3) is 3.00. The first-order valence-electron chi connectivity index (χ1n) is 6.57. The fourth-order valence-corrected chi connectivity index (χ4v) is 3.68. The van der Waals surface area contributed by atoms with Crippen LogP contribution in [0.3, 0.4) is 0 Å². The molecule has 0 fully saturated rings. The van der Waals surface area contributed by atoms with E-state index in [0.29, 0.717) is 10.1 Å². The van der Waals surface area contributed by atoms with E-state index in [0.717, 1.165) is 11.4 Å². The predicted molar refractivity (Wildman–Crippen MR) is 91.6 cm³/mol. The highest BCUT2D eigenvalue weighted by Gasteiger charge is 2.23. The van der Waals surface area contributed by atoms with Crippen molar-refractivity contribution in [3.8, 4) is 0 Å². The molecule has 1 aromatic carbocycles. The average Bonchev–Trinajstić information content (AvgIpc) is 2.79. The van der Waals surface area contributed by atoms with Crippen molar-refractivity contribution < 1.29 is 0 Å². The summed E-state index contributed by atoms with van der Waals surface area (Å²) in [6.45, 7) is 4.22. The molecule has 2 nitrogen and oxygen atoms in total. The fourth-order valence-electron chi connectivity index (χ4n) is 2.37. The van der Waals surface area contributed by atoms with Crippen molar-refractivity contribution in [2.75, 3.05) is 0 Å². The Morgan fingerprint density at radius 3 is 2.48 bits per heavy atom. The van der Waals surface area contributed by atoms with Crippen LogP contribution >= 0.6 is 34.5 Å². The van der Waals surface area contributed by atoms with Crippen LogP contribution in [-0.2, 0) is 0 Å². The molecule has 1 aliphatic heterocycles. The van der Waals surface area contributed by atoms with Gasteiger partial charge in [0, 0.05) is 26.5 Å². The summed E-state index contributed by atoms with van der Waals surface area (Å²) in [5, 5.41) is 4.84. The Balaban J connectivity index is 1.94. The van der Waals surface area contributed by atoms with Crippen LogP contribution in [0.4, 0.5) is 0 Å². The number of nitrogens with one attached hydrogen (secondary N) is 1. The summed E-state index contributed by atoms with van der Waals surface area (Å²) in [6.07, 6.45) is 1.72. The third-order valence-corrected chi connectivity index (χ3v) is 4.93. The van der Waals surface area contributed by atoms with E-state index in [1.54, 1.807) is 17.5 Å². The molecule has 0 spiro atoms. The zero-order valence-corrected chi connectivity index (χ0v) is 14.0. The molecule has 0 saturated carbocycles. The molecule has 21 heavy (non-hydrogen) atoms. The van der Waals surface area contributed by atoms with Gasteiger partial charge in [-0.15, -0.1) is 11.3 Å². The molecule has 0 radical (unpaired) electrons. The van der Waals surface area contributed by atoms with E-state index in [1.807, 2.05) is 24.3 Å². The Morgan fingerprint density at radius 2 is 1.86 bits per heavy atom. The van der Waals surface area contributed by atoms with Crippen LogP contribution in [-0.4, -0.2) is 5.84 Å². The average molecular weight is 337 g/mol. The van der Waals surface area contributed by atoms with Crippen LogP contribution in [0.1, 0.15) is 26.9 Å². The van der Waals surface area contributed by atoms with E-state index in [-0.39, 0.29) is 6.04 Å². The summed E-state index contributed by atoms with van der Waals surface area (Å²) in [5.41, 5.74) is 2.20. The summed E-state index contributed by atoms with van der Waals surface area (Å²) in [7, 11) is 0. The molecule has 3 rings (SSSR count). The largest absolute Gasteiger partial charge is 0.358 e. The zero-order chi connectivity index (χ0) is 15.0. The Bertz CT molecular complexity index is 729. The first-order chi connectivity index (χ1) is 10.0. The van der Waals surface area contributed by atoms with E-state index in [2.05, 4.69) is 30.2 Å². The standard InChI is InChI=1S/C16H14Cl2N2S/c1-9-7-13(10(2)21-9)15-14(18)8-19-16(20-15)11-3-5-12(17)6-4-11/h3-8,15H,1-2H3,(H,19,20). The molecule has 1 aliphatic rings. The number of aryl methyl sites for hydroxylation is 2. The lowest BCUT2D eigenvalue weighted by Crippen LogP contribution is -2.31. The van der Waals surface area contributed by atoms with Gasteiger partial charge < -0.3 is 5.32 Å². The number of hydrogen-bond acceptors (Lipinski definition) is 3. The number of benzene rings is 1. The van der Waals surface area contributed by atoms with Crippen LogP contribution in [0, 0.1) is 13.8 Å². The van der Waals surface area contributed by atoms with Crippen LogP contribution in [0.15, 0.2) is 46.6 Å². The molecule has 0 bridgehead atoms. The van der Waals surface area contributed by atoms with Crippen LogP contribution in [0.25, 0.3) is 0 Å². The normalized spacial score (nSPS) is 18.0. The van der Waals surface area contributed by atoms with E-state index in [9.17, 15) is 0 Å². The number of hydrogen-bond donors (Lipinski definition) is 1. The Morgan fingerprint density at radius 1 is 1.14 bits per heavy atom. The molecular formula is C16H14Cl2N2S. The zero-order valence-electron chi connectivity index (χ0n) is 11.7. The second-order valence-corrected chi connectivity index (χ2v) is 7.28. The monoisotopic (exact) mass is 336 g/mol. The lowest BCUT2D eigenvalue weighted by Gasteiger charge is -2.24. The minimum atomic E-state index is -0.0419. The molecule has 0 saturated heterocycles. The number of amidine groups is 1. The predicted octanol–water partition coefficient (Wildman–Crippen LogP) is 5.19. The smallest absolute Gasteiger partial charge is 0.134 e. The molecule has 108 valence electrons. The maximum absolute atomic E-state index is 6.35. The molecule has 1 atom stereocenters. The fraction of sp³-hybridized carbons (Fsp3) is 0.188. The van der Waals surface area contributed by atoms with Crippen molar-refractivity contribution >= 4 is 40.4 Å². The lowest BCUT2D eigenvalue weighted by atomic mass is 10.1. The van der Waals surface area contributed by atoms with Gasteiger partial charge in [-0.3, -0.25) is 0 Å². The molecule has 0 aliphatic carbocycles. The van der Waals surface area contributed by atoms with E-state index in [4.69, 9.17) is 23.2 Å². The minimum absolute atomic E-state index is 0.0419. The minimum Gasteiger partial charge on any atom is -0.358 e. The number of halogens is 2. The van der Waals surface area contributed by atoms with Crippen molar-refractivity contribution in [1.29, 1.82) is 0 Å². The van der Waals surface area contributed by atoms with E-state index < -0.39 is 0 Å². The number of rotatable bonds is 2. The maximum atomic E-state index is 6.35. The quantitative estimate of drug-likeness (QED) is 0.801. The Labute approximate surface area is 138 Å². The molecule has 0 amide bonds. The van der Waals surface area contributed by atoms with Gasteiger partial charge in [0.2, 0.25) is 0 Å². The number of aliphatic imine (C=N–C) groups is 1. The maximum Gasteiger partial charge on any atom is 0.134 e. The van der Waals surface area contributed by atoms with Gasteiger partial charge in [0.05, 0.1) is 11.1 Å². The molecule has 1 aromatic heterocycles. The highest BCUT2D eigenvalue weighted by molar-refractivity contribution is 7.12. The van der Waals surface area contributed by atoms with Gasteiger partial charge in [0.15, 0.2) is 0 Å². The first-order valence-corrected chi connectivity index (χ1v) is 8.14. The van der Waals surface area contributed by atoms with Gasteiger partial charge in [-0.05, 0) is 49.7 Å². The molecule has 5 heteroatoms. The lowest BCUT2D eigenvalue weighted by molar-refractivity contribution is 0.760. The second-order valence-electron chi connectivity index (χ2n) is 4.94. The summed E-state index contributed by atoms with van der Waals surface area (Å²) in [5.74, 6) is 0.810. The van der Waals surface area contributed by atoms with Crippen molar-refractivity contribution in [3.05, 3.63) is 67.5 Å². The summed E-state index contributed by atoms with van der Waals surface area (Å²) in [4.78, 5) is 6.95. The Kier molecular flexibility index (Phi) is 4.07. The second kappa shape index (κ2) is 5.84. The van der Waals surface area contributed by atoms with Crippen LogP contribution in [0.2, 0.25) is 5.02 Å². The highest BCUT2D eigenvalue weighted by Crippen LogP contribution is 2.34. The van der Waals surface area contributed by atoms with Gasteiger partial charge in [-0.25, -0.2) is 4.99 Å². The summed E-state index contributed by atoms with van der Waals surface area (Å²) < 4.78 is 0. The molecule has 2 heterocycles. The van der Waals surface area contributed by atoms with E-state index in [1.165, 1.54) is 15.3 Å². The molecular weight excluding hydrogens is 323 g/mol. The molecule has 1 unspecified atom stereocenters. The van der Waals surface area contributed by atoms with Crippen molar-refractivity contribution in [1.82, 2.24) is 5.32 Å². The summed E-state index contributed by atoms with van der Waals surface area (Å²) in [6, 6.07) is 9.75. The molecule has 1 N–H and O–H groups in total. The topological polar surface area (TPSA) is 24.4 Å². The van der Waals surface area contributed by atoms with Gasteiger partial charge in [0.25, 0.3) is 0 Å². The van der Waals surface area contributed by atoms with Gasteiger partial charge in [-0.2, -0.15) is 0 Å². The first kappa shape index (κ1) is 14.6. The van der Waals surface area contributed by atoms with Crippen LogP contribution in [0.5, 0.6) is 0 Å². The van der Waals surface area contributed by atoms with Gasteiger partial charge >= 0.3 is 0 Å². The van der Waals surface area contributed by atoms with Crippen molar-refractivity contribution in [2.45, 2.75) is 19.9 Å². The van der Waals surface area contributed by atoms with E-state index >= 15 is 0 Å². The Hall–Kier alpha value is -1.29. The third-order valence-electron chi connectivity index (χ3n) is 3.38. The van der Waals surface area contributed by atoms with Gasteiger partial charge in [-0.1, -0.05) is 23.2 Å². The number of thiophene rings is 1. The molecule has 2 aromatic rings. The van der Waals surface area contributed by atoms with Gasteiger partial charge in [0.1, 0.15) is 5.84 Å². The van der Waals surface area contributed by atoms with Crippen molar-refractivity contribution in [3.63, 3.8) is 0 Å². The highest BCUT2D eigenvalue weighted by atomic mass is 35.5. The van der Waals surface area contributed by atoms with Crippen molar-refractivity contribution in [2.24, 2.45) is 4.99 Å². The number of nitrogens with zero attached hydrogens (tertiary/aromatic N) is 1.